The highest BCUT2D eigenvalue weighted by Crippen LogP contribution is 2.17. The van der Waals surface area contributed by atoms with E-state index >= 15 is 0 Å². The van der Waals surface area contributed by atoms with Gasteiger partial charge >= 0.3 is 5.97 Å². The summed E-state index contributed by atoms with van der Waals surface area (Å²) in [6.45, 7) is 8.58. The zero-order valence-electron chi connectivity index (χ0n) is 21.7. The van der Waals surface area contributed by atoms with Gasteiger partial charge in [-0.15, -0.1) is 0 Å². The first-order valence-electron chi connectivity index (χ1n) is 13.6. The molecule has 1 amide bonds. The van der Waals surface area contributed by atoms with E-state index in [9.17, 15) is 9.59 Å². The Morgan fingerprint density at radius 1 is 0.812 bits per heavy atom. The van der Waals surface area contributed by atoms with Crippen molar-refractivity contribution in [3.05, 3.63) is 12.2 Å². The first-order chi connectivity index (χ1) is 15.5. The average Bonchev–Trinajstić information content (AvgIpc) is 2.76. The van der Waals surface area contributed by atoms with Crippen LogP contribution in [0.25, 0.3) is 0 Å². The van der Waals surface area contributed by atoms with Gasteiger partial charge in [0, 0.05) is 6.42 Å². The number of carbonyl (C=O) groups excluding carboxylic acids is 2. The highest BCUT2D eigenvalue weighted by atomic mass is 16.5. The van der Waals surface area contributed by atoms with Gasteiger partial charge in [0.25, 0.3) is 0 Å². The molecule has 0 aliphatic carbocycles. The van der Waals surface area contributed by atoms with Crippen LogP contribution in [-0.4, -0.2) is 24.5 Å². The van der Waals surface area contributed by atoms with Crippen molar-refractivity contribution in [3.63, 3.8) is 0 Å². The molecule has 188 valence electrons. The van der Waals surface area contributed by atoms with Gasteiger partial charge in [0.05, 0.1) is 0 Å². The molecular weight excluding hydrogens is 398 g/mol. The molecule has 0 aromatic carbocycles. The molecule has 4 heteroatoms. The molecule has 0 saturated carbocycles. The van der Waals surface area contributed by atoms with Crippen LogP contribution in [0.4, 0.5) is 0 Å². The number of rotatable bonds is 23. The van der Waals surface area contributed by atoms with Crippen LogP contribution in [0.2, 0.25) is 0 Å². The maximum Gasteiger partial charge on any atom is 0.328 e. The number of unbranched alkanes of at least 4 members (excludes halogenated alkanes) is 12. The SMILES string of the molecule is CCCCCCC=CC[C@H](CCCCCCCCCCC)OC(=O)[C@H](CC(C)C)NC=O. The van der Waals surface area contributed by atoms with Crippen LogP contribution in [-0.2, 0) is 14.3 Å². The summed E-state index contributed by atoms with van der Waals surface area (Å²) in [5.74, 6) is 0.0295. The fourth-order valence-corrected chi connectivity index (χ4v) is 3.99. The Balaban J connectivity index is 4.47. The number of ether oxygens (including phenoxy) is 1. The van der Waals surface area contributed by atoms with Crippen molar-refractivity contribution in [1.82, 2.24) is 5.32 Å². The van der Waals surface area contributed by atoms with Crippen LogP contribution >= 0.6 is 0 Å². The molecule has 1 N–H and O–H groups in total. The van der Waals surface area contributed by atoms with Crippen LogP contribution < -0.4 is 5.32 Å². The van der Waals surface area contributed by atoms with E-state index in [0.717, 1.165) is 25.7 Å². The molecule has 0 aromatic rings. The lowest BCUT2D eigenvalue weighted by molar-refractivity contribution is -0.153. The summed E-state index contributed by atoms with van der Waals surface area (Å²) in [6.07, 6.45) is 25.0. The quantitative estimate of drug-likeness (QED) is 0.0743. The summed E-state index contributed by atoms with van der Waals surface area (Å²) in [7, 11) is 0. The van der Waals surface area contributed by atoms with E-state index in [1.807, 2.05) is 13.8 Å². The molecule has 0 aliphatic heterocycles. The molecule has 0 rings (SSSR count). The van der Waals surface area contributed by atoms with Gasteiger partial charge in [0.1, 0.15) is 12.1 Å². The van der Waals surface area contributed by atoms with Crippen LogP contribution in [0.1, 0.15) is 137 Å². The molecule has 0 unspecified atom stereocenters. The second kappa shape index (κ2) is 22.9. The molecule has 0 heterocycles. The molecule has 4 nitrogen and oxygen atoms in total. The summed E-state index contributed by atoms with van der Waals surface area (Å²) in [6, 6.07) is -0.545. The monoisotopic (exact) mass is 451 g/mol. The topological polar surface area (TPSA) is 55.4 Å². The van der Waals surface area contributed by atoms with Crippen molar-refractivity contribution in [2.75, 3.05) is 0 Å². The Morgan fingerprint density at radius 2 is 1.38 bits per heavy atom. The smallest absolute Gasteiger partial charge is 0.328 e. The Labute approximate surface area is 199 Å². The Kier molecular flexibility index (Phi) is 21.9. The van der Waals surface area contributed by atoms with Gasteiger partial charge < -0.3 is 10.1 Å². The second-order valence-corrected chi connectivity index (χ2v) is 9.70. The van der Waals surface area contributed by atoms with Gasteiger partial charge in [0.15, 0.2) is 0 Å². The van der Waals surface area contributed by atoms with Crippen LogP contribution in [0.3, 0.4) is 0 Å². The zero-order valence-corrected chi connectivity index (χ0v) is 21.7. The number of hydrogen-bond donors (Lipinski definition) is 1. The first-order valence-corrected chi connectivity index (χ1v) is 13.6. The Hall–Kier alpha value is -1.32. The van der Waals surface area contributed by atoms with E-state index in [-0.39, 0.29) is 12.1 Å². The van der Waals surface area contributed by atoms with Crippen molar-refractivity contribution in [2.45, 2.75) is 149 Å². The maximum absolute atomic E-state index is 12.7. The highest BCUT2D eigenvalue weighted by Gasteiger charge is 2.23. The van der Waals surface area contributed by atoms with E-state index < -0.39 is 6.04 Å². The molecule has 0 bridgehead atoms. The minimum Gasteiger partial charge on any atom is -0.461 e. The van der Waals surface area contributed by atoms with Gasteiger partial charge in [-0.1, -0.05) is 110 Å². The molecule has 0 aromatic heterocycles. The van der Waals surface area contributed by atoms with E-state index in [1.165, 1.54) is 77.0 Å². The van der Waals surface area contributed by atoms with Gasteiger partial charge in [-0.2, -0.15) is 0 Å². The average molecular weight is 452 g/mol. The van der Waals surface area contributed by atoms with Gasteiger partial charge in [-0.25, -0.2) is 4.79 Å². The number of esters is 1. The third kappa shape index (κ3) is 19.4. The Bertz CT molecular complexity index is 462. The van der Waals surface area contributed by atoms with Crippen molar-refractivity contribution in [3.8, 4) is 0 Å². The third-order valence-electron chi connectivity index (χ3n) is 5.96. The predicted molar refractivity (Wildman–Crippen MR) is 137 cm³/mol. The van der Waals surface area contributed by atoms with Crippen molar-refractivity contribution < 1.29 is 14.3 Å². The summed E-state index contributed by atoms with van der Waals surface area (Å²) < 4.78 is 5.87. The van der Waals surface area contributed by atoms with Crippen LogP contribution in [0.15, 0.2) is 12.2 Å². The highest BCUT2D eigenvalue weighted by molar-refractivity contribution is 5.78. The standard InChI is InChI=1S/C28H53NO3/c1-5-7-9-11-13-14-16-18-20-22-26(21-19-17-15-12-10-8-6-2)32-28(31)27(29-24-30)23-25(3)4/h17,19,24-27H,5-16,18,20-23H2,1-4H3,(H,29,30)/t26-,27+/m1/s1. The lowest BCUT2D eigenvalue weighted by Crippen LogP contribution is -2.40. The van der Waals surface area contributed by atoms with Crippen molar-refractivity contribution >= 4 is 12.4 Å². The van der Waals surface area contributed by atoms with E-state index in [1.54, 1.807) is 0 Å². The number of carbonyl (C=O) groups is 2. The van der Waals surface area contributed by atoms with E-state index in [2.05, 4.69) is 31.3 Å². The number of amides is 1. The number of hydrogen-bond acceptors (Lipinski definition) is 3. The van der Waals surface area contributed by atoms with Gasteiger partial charge in [-0.05, 0) is 38.0 Å². The molecule has 2 atom stereocenters. The van der Waals surface area contributed by atoms with Crippen LogP contribution in [0, 0.1) is 5.92 Å². The summed E-state index contributed by atoms with van der Waals surface area (Å²) in [4.78, 5) is 23.6. The second-order valence-electron chi connectivity index (χ2n) is 9.70. The third-order valence-corrected chi connectivity index (χ3v) is 5.96. The zero-order chi connectivity index (χ0) is 23.9. The number of allylic oxidation sites excluding steroid dienone is 1. The van der Waals surface area contributed by atoms with Gasteiger partial charge in [0.2, 0.25) is 6.41 Å². The molecule has 32 heavy (non-hydrogen) atoms. The molecule has 0 aliphatic rings. The maximum atomic E-state index is 12.7. The lowest BCUT2D eigenvalue weighted by atomic mass is 10.0. The summed E-state index contributed by atoms with van der Waals surface area (Å²) >= 11 is 0. The lowest BCUT2D eigenvalue weighted by Gasteiger charge is -2.22. The number of nitrogens with one attached hydrogen (secondary N) is 1. The molecular formula is C28H53NO3. The molecule has 0 fully saturated rings. The minimum absolute atomic E-state index is 0.0953. The van der Waals surface area contributed by atoms with Crippen molar-refractivity contribution in [2.24, 2.45) is 5.92 Å². The molecule has 0 radical (unpaired) electrons. The van der Waals surface area contributed by atoms with E-state index in [0.29, 0.717) is 18.7 Å². The first kappa shape index (κ1) is 30.7. The fourth-order valence-electron chi connectivity index (χ4n) is 3.99. The van der Waals surface area contributed by atoms with Gasteiger partial charge in [-0.3, -0.25) is 4.79 Å². The summed E-state index contributed by atoms with van der Waals surface area (Å²) in [5.41, 5.74) is 0. The fraction of sp³-hybridized carbons (Fsp3) is 0.857. The summed E-state index contributed by atoms with van der Waals surface area (Å²) in [5, 5.41) is 2.65. The minimum atomic E-state index is -0.545. The van der Waals surface area contributed by atoms with E-state index in [4.69, 9.17) is 4.74 Å². The molecule has 0 saturated heterocycles. The normalized spacial score (nSPS) is 13.4. The Morgan fingerprint density at radius 3 is 1.94 bits per heavy atom. The van der Waals surface area contributed by atoms with Crippen LogP contribution in [0.5, 0.6) is 0 Å². The largest absolute Gasteiger partial charge is 0.461 e. The molecule has 0 spiro atoms. The predicted octanol–water partition coefficient (Wildman–Crippen LogP) is 7.90. The van der Waals surface area contributed by atoms with Crippen molar-refractivity contribution in [1.29, 1.82) is 0 Å².